The second kappa shape index (κ2) is 5.77. The van der Waals surface area contributed by atoms with E-state index in [9.17, 15) is 4.21 Å². The molecular formula is C21H17NOS. The van der Waals surface area contributed by atoms with Crippen molar-refractivity contribution in [3.05, 3.63) is 101 Å². The molecule has 0 saturated heterocycles. The molecule has 0 aliphatic carbocycles. The first kappa shape index (κ1) is 14.9. The Balaban J connectivity index is 2.10. The van der Waals surface area contributed by atoms with Gasteiger partial charge in [-0.15, -0.1) is 0 Å². The topological polar surface area (TPSA) is 29.4 Å². The van der Waals surface area contributed by atoms with E-state index in [1.165, 1.54) is 0 Å². The third-order valence-electron chi connectivity index (χ3n) is 4.29. The summed E-state index contributed by atoms with van der Waals surface area (Å²) < 4.78 is 18.5. The van der Waals surface area contributed by atoms with Gasteiger partial charge < -0.3 is 0 Å². The predicted octanol–water partition coefficient (Wildman–Crippen LogP) is 5.64. The Bertz CT molecular complexity index is 1040. The molecule has 2 nitrogen and oxygen atoms in total. The molecule has 1 aliphatic rings. The molecule has 24 heavy (non-hydrogen) atoms. The monoisotopic (exact) mass is 331 g/mol. The number of nitrogens with zero attached hydrogens (tertiary/aromatic N) is 1. The zero-order valence-electron chi connectivity index (χ0n) is 13.3. The molecule has 0 radical (unpaired) electrons. The molecule has 4 rings (SSSR count). The van der Waals surface area contributed by atoms with E-state index in [-0.39, 0.29) is 0 Å². The molecule has 3 aromatic rings. The second-order valence-corrected chi connectivity index (χ2v) is 8.06. The fraction of sp³-hybridized carbons (Fsp3) is 0.0476. The van der Waals surface area contributed by atoms with Crippen LogP contribution in [0.25, 0.3) is 5.57 Å². The van der Waals surface area contributed by atoms with E-state index in [0.717, 1.165) is 32.2 Å². The van der Waals surface area contributed by atoms with Crippen molar-refractivity contribution < 1.29 is 4.21 Å². The molecule has 0 N–H and O–H groups in total. The quantitative estimate of drug-likeness (QED) is 0.597. The van der Waals surface area contributed by atoms with Crippen molar-refractivity contribution in [3.63, 3.8) is 0 Å². The van der Waals surface area contributed by atoms with Crippen LogP contribution in [0.1, 0.15) is 18.1 Å². The summed E-state index contributed by atoms with van der Waals surface area (Å²) in [6.07, 6.45) is 0. The lowest BCUT2D eigenvalue weighted by Crippen LogP contribution is -2.09. The molecule has 0 aromatic heterocycles. The number of hydrogen-bond donors (Lipinski definition) is 0. The normalized spacial score (nSPS) is 19.5. The van der Waals surface area contributed by atoms with Crippen LogP contribution in [0.4, 0.5) is 5.69 Å². The van der Waals surface area contributed by atoms with Crippen molar-refractivity contribution in [2.75, 3.05) is 0 Å². The minimum atomic E-state index is -2.65. The number of allylic oxidation sites excluding steroid dienone is 1. The van der Waals surface area contributed by atoms with E-state index < -0.39 is 9.73 Å². The van der Waals surface area contributed by atoms with E-state index in [4.69, 9.17) is 0 Å². The van der Waals surface area contributed by atoms with Gasteiger partial charge in [0.1, 0.15) is 9.73 Å². The Morgan fingerprint density at radius 1 is 0.750 bits per heavy atom. The van der Waals surface area contributed by atoms with Crippen molar-refractivity contribution in [2.45, 2.75) is 11.8 Å². The van der Waals surface area contributed by atoms with Gasteiger partial charge in [-0.05, 0) is 30.7 Å². The second-order valence-electron chi connectivity index (χ2n) is 5.74. The first-order valence-corrected chi connectivity index (χ1v) is 9.39. The summed E-state index contributed by atoms with van der Waals surface area (Å²) in [5, 5.41) is 0. The molecule has 0 amide bonds. The van der Waals surface area contributed by atoms with Crippen molar-refractivity contribution in [3.8, 4) is 0 Å². The van der Waals surface area contributed by atoms with Crippen LogP contribution in [0.2, 0.25) is 0 Å². The van der Waals surface area contributed by atoms with Crippen LogP contribution in [0.15, 0.2) is 99.1 Å². The minimum absolute atomic E-state index is 0.755. The highest BCUT2D eigenvalue weighted by molar-refractivity contribution is 7.97. The first-order chi connectivity index (χ1) is 11.7. The third kappa shape index (κ3) is 2.29. The summed E-state index contributed by atoms with van der Waals surface area (Å²) in [7, 11) is -2.65. The van der Waals surface area contributed by atoms with E-state index in [1.807, 2.05) is 73.7 Å². The van der Waals surface area contributed by atoms with Crippen LogP contribution in [-0.4, -0.2) is 4.21 Å². The maximum absolute atomic E-state index is 13.9. The number of fused-ring (bicyclic) bond motifs is 1. The highest BCUT2D eigenvalue weighted by Crippen LogP contribution is 2.43. The van der Waals surface area contributed by atoms with Crippen molar-refractivity contribution in [1.29, 1.82) is 0 Å². The van der Waals surface area contributed by atoms with Gasteiger partial charge in [0, 0.05) is 16.0 Å². The summed E-state index contributed by atoms with van der Waals surface area (Å²) in [5.41, 5.74) is 3.92. The zero-order valence-corrected chi connectivity index (χ0v) is 14.2. The highest BCUT2D eigenvalue weighted by atomic mass is 32.2. The lowest BCUT2D eigenvalue weighted by Gasteiger charge is -2.23. The Kier molecular flexibility index (Phi) is 3.58. The van der Waals surface area contributed by atoms with Crippen LogP contribution in [0, 0.1) is 0 Å². The molecule has 3 heteroatoms. The van der Waals surface area contributed by atoms with Gasteiger partial charge in [-0.3, -0.25) is 0 Å². The van der Waals surface area contributed by atoms with Gasteiger partial charge >= 0.3 is 0 Å². The zero-order chi connectivity index (χ0) is 16.6. The summed E-state index contributed by atoms with van der Waals surface area (Å²) in [6.45, 7) is 1.94. The van der Waals surface area contributed by atoms with Gasteiger partial charge in [0.25, 0.3) is 0 Å². The summed E-state index contributed by atoms with van der Waals surface area (Å²) >= 11 is 0. The van der Waals surface area contributed by atoms with Crippen molar-refractivity contribution >= 4 is 21.0 Å². The average Bonchev–Trinajstić information content (AvgIpc) is 2.64. The maximum atomic E-state index is 13.9. The molecule has 1 heterocycles. The largest absolute Gasteiger partial charge is 0.240 e. The van der Waals surface area contributed by atoms with Gasteiger partial charge in [0.05, 0.1) is 10.6 Å². The molecule has 1 atom stereocenters. The first-order valence-electron chi connectivity index (χ1n) is 7.88. The molecule has 3 aromatic carbocycles. The van der Waals surface area contributed by atoms with E-state index >= 15 is 0 Å². The third-order valence-corrected chi connectivity index (χ3v) is 6.69. The molecule has 0 bridgehead atoms. The van der Waals surface area contributed by atoms with E-state index in [2.05, 4.69) is 22.6 Å². The summed E-state index contributed by atoms with van der Waals surface area (Å²) in [4.78, 5) is 1.57. The standard InChI is InChI=1S/C21H17NOS/c1-16-21(17-10-4-2-5-11-17)19-14-8-9-15-20(19)22-24(16,23)18-12-6-3-7-13-18/h2-15H,1H3. The Morgan fingerprint density at radius 2 is 1.33 bits per heavy atom. The number of benzene rings is 3. The lowest BCUT2D eigenvalue weighted by molar-refractivity contribution is 0.680. The SMILES string of the molecule is CC1=C(c2ccccc2)c2ccccc2N=S1(=O)c1ccccc1. The van der Waals surface area contributed by atoms with Crippen molar-refractivity contribution in [1.82, 2.24) is 0 Å². The van der Waals surface area contributed by atoms with Gasteiger partial charge in [0.15, 0.2) is 0 Å². The van der Waals surface area contributed by atoms with E-state index in [1.54, 1.807) is 0 Å². The van der Waals surface area contributed by atoms with Gasteiger partial charge in [-0.1, -0.05) is 66.7 Å². The number of rotatable bonds is 2. The summed E-state index contributed by atoms with van der Waals surface area (Å²) in [5.74, 6) is 0. The molecular weight excluding hydrogens is 314 g/mol. The van der Waals surface area contributed by atoms with Crippen LogP contribution in [0.5, 0.6) is 0 Å². The number of hydrogen-bond acceptors (Lipinski definition) is 2. The van der Waals surface area contributed by atoms with E-state index in [0.29, 0.717) is 0 Å². The van der Waals surface area contributed by atoms with Crippen LogP contribution < -0.4 is 0 Å². The van der Waals surface area contributed by atoms with Gasteiger partial charge in [0.2, 0.25) is 0 Å². The predicted molar refractivity (Wildman–Crippen MR) is 99.5 cm³/mol. The fourth-order valence-corrected chi connectivity index (χ4v) is 5.16. The smallest absolute Gasteiger partial charge is 0.105 e. The molecule has 0 spiro atoms. The average molecular weight is 331 g/mol. The highest BCUT2D eigenvalue weighted by Gasteiger charge is 2.26. The molecule has 1 aliphatic heterocycles. The molecule has 118 valence electrons. The molecule has 0 fully saturated rings. The Labute approximate surface area is 142 Å². The summed E-state index contributed by atoms with van der Waals surface area (Å²) in [6, 6.07) is 27.6. The Hall–Kier alpha value is -2.65. The van der Waals surface area contributed by atoms with Crippen molar-refractivity contribution in [2.24, 2.45) is 4.36 Å². The fourth-order valence-electron chi connectivity index (χ4n) is 3.10. The van der Waals surface area contributed by atoms with Gasteiger partial charge in [-0.25, -0.2) is 4.21 Å². The Morgan fingerprint density at radius 3 is 2.04 bits per heavy atom. The van der Waals surface area contributed by atoms with Gasteiger partial charge in [-0.2, -0.15) is 4.36 Å². The lowest BCUT2D eigenvalue weighted by atomic mass is 9.96. The van der Waals surface area contributed by atoms with Crippen LogP contribution >= 0.6 is 0 Å². The minimum Gasteiger partial charge on any atom is -0.240 e. The maximum Gasteiger partial charge on any atom is 0.105 e. The van der Waals surface area contributed by atoms with Crippen LogP contribution in [0.3, 0.4) is 0 Å². The molecule has 1 unspecified atom stereocenters. The molecule has 0 saturated carbocycles. The van der Waals surface area contributed by atoms with Crippen LogP contribution in [-0.2, 0) is 9.73 Å².